The van der Waals surface area contributed by atoms with Gasteiger partial charge in [0.05, 0.1) is 0 Å². The minimum Gasteiger partial charge on any atom is -0.348 e. The highest BCUT2D eigenvalue weighted by molar-refractivity contribution is 6.39. The SMILES string of the molecule is CCCNC(=O)C(=O)Nc1ccc(C(C)=O)cc1. The number of Topliss-reactive ketones (excluding diaryl/α,β-unsaturated/α-hetero) is 1. The van der Waals surface area contributed by atoms with E-state index < -0.39 is 11.8 Å². The van der Waals surface area contributed by atoms with Crippen LogP contribution in [0.25, 0.3) is 0 Å². The fraction of sp³-hybridized carbons (Fsp3) is 0.308. The van der Waals surface area contributed by atoms with Crippen molar-refractivity contribution in [1.29, 1.82) is 0 Å². The standard InChI is InChI=1S/C13H16N2O3/c1-3-8-14-12(17)13(18)15-11-6-4-10(5-7-11)9(2)16/h4-7H,3,8H2,1-2H3,(H,14,17)(H,15,18). The van der Waals surface area contributed by atoms with E-state index in [0.717, 1.165) is 6.42 Å². The van der Waals surface area contributed by atoms with Gasteiger partial charge in [-0.1, -0.05) is 6.92 Å². The predicted molar refractivity (Wildman–Crippen MR) is 68.4 cm³/mol. The molecule has 2 N–H and O–H groups in total. The summed E-state index contributed by atoms with van der Waals surface area (Å²) in [7, 11) is 0. The van der Waals surface area contributed by atoms with E-state index in [2.05, 4.69) is 10.6 Å². The average Bonchev–Trinajstić information content (AvgIpc) is 2.36. The summed E-state index contributed by atoms with van der Waals surface area (Å²) in [6.07, 6.45) is 0.770. The Morgan fingerprint density at radius 2 is 1.67 bits per heavy atom. The van der Waals surface area contributed by atoms with Gasteiger partial charge in [-0.15, -0.1) is 0 Å². The molecule has 0 fully saturated rings. The first kappa shape index (κ1) is 13.9. The zero-order valence-electron chi connectivity index (χ0n) is 10.4. The van der Waals surface area contributed by atoms with Gasteiger partial charge < -0.3 is 10.6 Å². The van der Waals surface area contributed by atoms with Gasteiger partial charge in [0.1, 0.15) is 0 Å². The molecule has 96 valence electrons. The summed E-state index contributed by atoms with van der Waals surface area (Å²) in [5.41, 5.74) is 1.04. The van der Waals surface area contributed by atoms with Gasteiger partial charge in [-0.2, -0.15) is 0 Å². The van der Waals surface area contributed by atoms with Crippen LogP contribution in [0.3, 0.4) is 0 Å². The highest BCUT2D eigenvalue weighted by Gasteiger charge is 2.12. The second kappa shape index (κ2) is 6.54. The Labute approximate surface area is 106 Å². The molecule has 0 aliphatic heterocycles. The van der Waals surface area contributed by atoms with Crippen LogP contribution in [0.15, 0.2) is 24.3 Å². The molecular weight excluding hydrogens is 232 g/mol. The molecule has 0 aliphatic carbocycles. The van der Waals surface area contributed by atoms with E-state index >= 15 is 0 Å². The van der Waals surface area contributed by atoms with Gasteiger partial charge in [0.2, 0.25) is 0 Å². The lowest BCUT2D eigenvalue weighted by Gasteiger charge is -2.06. The second-order valence-corrected chi connectivity index (χ2v) is 3.84. The molecule has 0 atom stereocenters. The summed E-state index contributed by atoms with van der Waals surface area (Å²) in [6, 6.07) is 6.37. The zero-order chi connectivity index (χ0) is 13.5. The van der Waals surface area contributed by atoms with Crippen molar-refractivity contribution >= 4 is 23.3 Å². The number of rotatable bonds is 4. The maximum Gasteiger partial charge on any atom is 0.313 e. The zero-order valence-corrected chi connectivity index (χ0v) is 10.4. The summed E-state index contributed by atoms with van der Waals surface area (Å²) >= 11 is 0. The lowest BCUT2D eigenvalue weighted by Crippen LogP contribution is -2.35. The van der Waals surface area contributed by atoms with E-state index in [1.54, 1.807) is 24.3 Å². The molecule has 1 aromatic carbocycles. The van der Waals surface area contributed by atoms with Crippen LogP contribution in [0.1, 0.15) is 30.6 Å². The molecule has 2 amide bonds. The summed E-state index contributed by atoms with van der Waals surface area (Å²) < 4.78 is 0. The van der Waals surface area contributed by atoms with E-state index in [1.807, 2.05) is 6.92 Å². The van der Waals surface area contributed by atoms with Crippen molar-refractivity contribution in [3.05, 3.63) is 29.8 Å². The highest BCUT2D eigenvalue weighted by atomic mass is 16.2. The lowest BCUT2D eigenvalue weighted by molar-refractivity contribution is -0.136. The Morgan fingerprint density at radius 3 is 2.17 bits per heavy atom. The Balaban J connectivity index is 2.59. The van der Waals surface area contributed by atoms with Crippen LogP contribution in [-0.2, 0) is 9.59 Å². The molecule has 0 radical (unpaired) electrons. The Bertz CT molecular complexity index is 452. The first-order valence-corrected chi connectivity index (χ1v) is 5.74. The van der Waals surface area contributed by atoms with Crippen LogP contribution in [-0.4, -0.2) is 24.1 Å². The van der Waals surface area contributed by atoms with E-state index in [1.165, 1.54) is 6.92 Å². The molecular formula is C13H16N2O3. The summed E-state index contributed by atoms with van der Waals surface area (Å²) in [5.74, 6) is -1.42. The summed E-state index contributed by atoms with van der Waals surface area (Å²) in [5, 5.41) is 4.93. The molecule has 5 nitrogen and oxygen atoms in total. The first-order chi connectivity index (χ1) is 8.54. The molecule has 0 saturated carbocycles. The van der Waals surface area contributed by atoms with Gasteiger partial charge in [0.25, 0.3) is 0 Å². The maximum atomic E-state index is 11.4. The maximum absolute atomic E-state index is 11.4. The molecule has 0 heterocycles. The Hall–Kier alpha value is -2.17. The molecule has 1 rings (SSSR count). The number of amides is 2. The van der Waals surface area contributed by atoms with Gasteiger partial charge in [-0.25, -0.2) is 0 Å². The average molecular weight is 248 g/mol. The third-order valence-corrected chi connectivity index (χ3v) is 2.29. The van der Waals surface area contributed by atoms with Crippen molar-refractivity contribution in [1.82, 2.24) is 5.32 Å². The van der Waals surface area contributed by atoms with E-state index in [9.17, 15) is 14.4 Å². The molecule has 0 bridgehead atoms. The molecule has 0 spiro atoms. The molecule has 0 aromatic heterocycles. The molecule has 18 heavy (non-hydrogen) atoms. The Kier molecular flexibility index (Phi) is 5.05. The van der Waals surface area contributed by atoms with E-state index in [-0.39, 0.29) is 5.78 Å². The minimum absolute atomic E-state index is 0.0476. The molecule has 1 aromatic rings. The van der Waals surface area contributed by atoms with Crippen molar-refractivity contribution in [2.24, 2.45) is 0 Å². The number of benzene rings is 1. The highest BCUT2D eigenvalue weighted by Crippen LogP contribution is 2.09. The monoisotopic (exact) mass is 248 g/mol. The Morgan fingerprint density at radius 1 is 1.06 bits per heavy atom. The van der Waals surface area contributed by atoms with Crippen molar-refractivity contribution in [3.8, 4) is 0 Å². The van der Waals surface area contributed by atoms with Gasteiger partial charge in [-0.05, 0) is 37.6 Å². The third-order valence-electron chi connectivity index (χ3n) is 2.29. The van der Waals surface area contributed by atoms with E-state index in [4.69, 9.17) is 0 Å². The lowest BCUT2D eigenvalue weighted by atomic mass is 10.1. The number of anilines is 1. The smallest absolute Gasteiger partial charge is 0.313 e. The van der Waals surface area contributed by atoms with Crippen LogP contribution >= 0.6 is 0 Å². The quantitative estimate of drug-likeness (QED) is 0.624. The molecule has 0 unspecified atom stereocenters. The second-order valence-electron chi connectivity index (χ2n) is 3.84. The largest absolute Gasteiger partial charge is 0.348 e. The van der Waals surface area contributed by atoms with E-state index in [0.29, 0.717) is 17.8 Å². The van der Waals surface area contributed by atoms with Crippen LogP contribution in [0, 0.1) is 0 Å². The number of ketones is 1. The third kappa shape index (κ3) is 4.01. The topological polar surface area (TPSA) is 75.3 Å². The van der Waals surface area contributed by atoms with Gasteiger partial charge in [0, 0.05) is 17.8 Å². The number of carbonyl (C=O) groups excluding carboxylic acids is 3. The molecule has 0 saturated heterocycles. The fourth-order valence-electron chi connectivity index (χ4n) is 1.29. The molecule has 5 heteroatoms. The van der Waals surface area contributed by atoms with Crippen LogP contribution in [0.5, 0.6) is 0 Å². The number of hydrogen-bond acceptors (Lipinski definition) is 3. The first-order valence-electron chi connectivity index (χ1n) is 5.74. The number of carbonyl (C=O) groups is 3. The number of hydrogen-bond donors (Lipinski definition) is 2. The predicted octanol–water partition coefficient (Wildman–Crippen LogP) is 1.35. The van der Waals surface area contributed by atoms with Gasteiger partial charge in [0.15, 0.2) is 5.78 Å². The van der Waals surface area contributed by atoms with Crippen molar-refractivity contribution in [2.45, 2.75) is 20.3 Å². The van der Waals surface area contributed by atoms with Crippen molar-refractivity contribution in [3.63, 3.8) is 0 Å². The molecule has 0 aliphatic rings. The van der Waals surface area contributed by atoms with Crippen LogP contribution in [0.2, 0.25) is 0 Å². The van der Waals surface area contributed by atoms with Crippen molar-refractivity contribution in [2.75, 3.05) is 11.9 Å². The normalized spacial score (nSPS) is 9.67. The van der Waals surface area contributed by atoms with Crippen molar-refractivity contribution < 1.29 is 14.4 Å². The summed E-state index contributed by atoms with van der Waals surface area (Å²) in [4.78, 5) is 33.8. The van der Waals surface area contributed by atoms with Crippen LogP contribution < -0.4 is 10.6 Å². The van der Waals surface area contributed by atoms with Gasteiger partial charge >= 0.3 is 11.8 Å². The summed E-state index contributed by atoms with van der Waals surface area (Å²) in [6.45, 7) is 3.83. The van der Waals surface area contributed by atoms with Gasteiger partial charge in [-0.3, -0.25) is 14.4 Å². The minimum atomic E-state index is -0.709. The number of nitrogens with one attached hydrogen (secondary N) is 2. The fourth-order valence-corrected chi connectivity index (χ4v) is 1.29. The van der Waals surface area contributed by atoms with Crippen LogP contribution in [0.4, 0.5) is 5.69 Å².